The fourth-order valence-electron chi connectivity index (χ4n) is 2.08. The van der Waals surface area contributed by atoms with Crippen LogP contribution in [0.15, 0.2) is 63.7 Å². The minimum atomic E-state index is 0.742. The molecule has 2 aromatic carbocycles. The molecule has 2 nitrogen and oxygen atoms in total. The monoisotopic (exact) mass is 402 g/mol. The molecule has 3 aromatic rings. The maximum absolute atomic E-state index is 4.73. The van der Waals surface area contributed by atoms with E-state index in [1.54, 1.807) is 0 Å². The van der Waals surface area contributed by atoms with Crippen molar-refractivity contribution >= 4 is 31.9 Å². The molecule has 0 fully saturated rings. The quantitative estimate of drug-likeness (QED) is 0.552. The summed E-state index contributed by atoms with van der Waals surface area (Å²) in [5.41, 5.74) is 4.14. The second-order valence-corrected chi connectivity index (χ2v) is 6.57. The van der Waals surface area contributed by atoms with Gasteiger partial charge in [0.25, 0.3) is 0 Å². The van der Waals surface area contributed by atoms with Crippen LogP contribution in [-0.2, 0) is 0 Å². The first-order valence-electron chi connectivity index (χ1n) is 6.49. The highest BCUT2D eigenvalue weighted by Crippen LogP contribution is 2.26. The van der Waals surface area contributed by atoms with E-state index in [4.69, 9.17) is 4.98 Å². The summed E-state index contributed by atoms with van der Waals surface area (Å²) in [6, 6.07) is 16.2. The number of aromatic nitrogens is 2. The Bertz CT molecular complexity index is 766. The lowest BCUT2D eigenvalue weighted by atomic mass is 10.1. The second-order valence-electron chi connectivity index (χ2n) is 4.74. The number of rotatable bonds is 2. The van der Waals surface area contributed by atoms with Crippen molar-refractivity contribution in [3.63, 3.8) is 0 Å². The van der Waals surface area contributed by atoms with Gasteiger partial charge in [-0.1, -0.05) is 56.1 Å². The summed E-state index contributed by atoms with van der Waals surface area (Å²) >= 11 is 6.90. The van der Waals surface area contributed by atoms with Crippen LogP contribution in [0.5, 0.6) is 0 Å². The van der Waals surface area contributed by atoms with Gasteiger partial charge < -0.3 is 0 Å². The molecule has 0 N–H and O–H groups in total. The molecule has 0 unspecified atom stereocenters. The number of halogens is 2. The molecule has 0 aliphatic rings. The lowest BCUT2D eigenvalue weighted by Gasteiger charge is -2.08. The van der Waals surface area contributed by atoms with Crippen molar-refractivity contribution in [3.05, 3.63) is 69.2 Å². The van der Waals surface area contributed by atoms with Gasteiger partial charge in [0.15, 0.2) is 5.82 Å². The lowest BCUT2D eigenvalue weighted by molar-refractivity contribution is 1.14. The van der Waals surface area contributed by atoms with E-state index in [2.05, 4.69) is 49.0 Å². The second kappa shape index (κ2) is 6.08. The zero-order chi connectivity index (χ0) is 14.8. The van der Waals surface area contributed by atoms with Crippen LogP contribution < -0.4 is 0 Å². The highest BCUT2D eigenvalue weighted by molar-refractivity contribution is 9.10. The summed E-state index contributed by atoms with van der Waals surface area (Å²) in [4.78, 5) is 9.18. The Kier molecular flexibility index (Phi) is 4.17. The summed E-state index contributed by atoms with van der Waals surface area (Å²) in [5.74, 6) is 0.742. The molecular weight excluding hydrogens is 392 g/mol. The van der Waals surface area contributed by atoms with Gasteiger partial charge in [-0.2, -0.15) is 0 Å². The predicted octanol–water partition coefficient (Wildman–Crippen LogP) is 5.64. The Hall–Kier alpha value is -1.52. The Morgan fingerprint density at radius 2 is 1.29 bits per heavy atom. The zero-order valence-electron chi connectivity index (χ0n) is 11.3. The van der Waals surface area contributed by atoms with Gasteiger partial charge in [0.05, 0.1) is 5.69 Å². The van der Waals surface area contributed by atoms with Crippen LogP contribution in [-0.4, -0.2) is 9.97 Å². The first-order chi connectivity index (χ1) is 10.1. The maximum atomic E-state index is 4.73. The Labute approximate surface area is 140 Å². The van der Waals surface area contributed by atoms with Crippen LogP contribution in [0.1, 0.15) is 5.56 Å². The smallest absolute Gasteiger partial charge is 0.159 e. The van der Waals surface area contributed by atoms with E-state index in [-0.39, 0.29) is 0 Å². The van der Waals surface area contributed by atoms with E-state index in [0.29, 0.717) is 0 Å². The largest absolute Gasteiger partial charge is 0.236 e. The van der Waals surface area contributed by atoms with Crippen molar-refractivity contribution in [2.24, 2.45) is 0 Å². The molecule has 0 saturated carbocycles. The van der Waals surface area contributed by atoms with Crippen molar-refractivity contribution in [2.45, 2.75) is 6.92 Å². The van der Waals surface area contributed by atoms with Crippen LogP contribution >= 0.6 is 31.9 Å². The van der Waals surface area contributed by atoms with Crippen molar-refractivity contribution in [2.75, 3.05) is 0 Å². The average Bonchev–Trinajstić information content (AvgIpc) is 2.50. The summed E-state index contributed by atoms with van der Waals surface area (Å²) in [7, 11) is 0. The van der Waals surface area contributed by atoms with Crippen LogP contribution in [0.25, 0.3) is 22.6 Å². The molecule has 21 heavy (non-hydrogen) atoms. The molecule has 0 atom stereocenters. The molecule has 3 rings (SSSR count). The highest BCUT2D eigenvalue weighted by atomic mass is 79.9. The Morgan fingerprint density at radius 3 is 1.86 bits per heavy atom. The van der Waals surface area contributed by atoms with Crippen LogP contribution in [0.4, 0.5) is 0 Å². The summed E-state index contributed by atoms with van der Waals surface area (Å²) in [5, 5.41) is 0. The van der Waals surface area contributed by atoms with Crippen LogP contribution in [0, 0.1) is 6.92 Å². The molecule has 104 valence electrons. The SMILES string of the molecule is Cc1cnc(-c2ccc(Br)cc2)nc1-c1ccc(Br)cc1. The zero-order valence-corrected chi connectivity index (χ0v) is 14.5. The summed E-state index contributed by atoms with van der Waals surface area (Å²) in [6.45, 7) is 2.03. The molecule has 0 aliphatic carbocycles. The van der Waals surface area contributed by atoms with Crippen molar-refractivity contribution in [1.29, 1.82) is 0 Å². The third kappa shape index (κ3) is 3.22. The van der Waals surface area contributed by atoms with Crippen LogP contribution in [0.3, 0.4) is 0 Å². The van der Waals surface area contributed by atoms with E-state index in [1.807, 2.05) is 49.5 Å². The Morgan fingerprint density at radius 1 is 0.762 bits per heavy atom. The molecule has 0 spiro atoms. The summed E-state index contributed by atoms with van der Waals surface area (Å²) in [6.07, 6.45) is 1.88. The number of benzene rings is 2. The Balaban J connectivity index is 2.07. The van der Waals surface area contributed by atoms with Gasteiger partial charge >= 0.3 is 0 Å². The third-order valence-electron chi connectivity index (χ3n) is 3.19. The minimum Gasteiger partial charge on any atom is -0.236 e. The molecule has 0 bridgehead atoms. The van der Waals surface area contributed by atoms with E-state index in [0.717, 1.165) is 37.2 Å². The van der Waals surface area contributed by atoms with E-state index >= 15 is 0 Å². The van der Waals surface area contributed by atoms with Gasteiger partial charge in [0.2, 0.25) is 0 Å². The van der Waals surface area contributed by atoms with Gasteiger partial charge in [-0.3, -0.25) is 0 Å². The average molecular weight is 404 g/mol. The van der Waals surface area contributed by atoms with Gasteiger partial charge in [-0.05, 0) is 36.8 Å². The molecule has 0 saturated heterocycles. The maximum Gasteiger partial charge on any atom is 0.159 e. The lowest BCUT2D eigenvalue weighted by Crippen LogP contribution is -1.95. The van der Waals surface area contributed by atoms with E-state index in [1.165, 1.54) is 0 Å². The molecule has 4 heteroatoms. The normalized spacial score (nSPS) is 10.6. The summed E-state index contributed by atoms with van der Waals surface area (Å²) < 4.78 is 2.11. The molecule has 0 aliphatic heterocycles. The predicted molar refractivity (Wildman–Crippen MR) is 93.0 cm³/mol. The van der Waals surface area contributed by atoms with E-state index in [9.17, 15) is 0 Å². The van der Waals surface area contributed by atoms with Gasteiger partial charge in [0.1, 0.15) is 0 Å². The standard InChI is InChI=1S/C17H12Br2N2/c1-11-10-20-17(13-4-8-15(19)9-5-13)21-16(11)12-2-6-14(18)7-3-12/h2-10H,1H3. The fourth-order valence-corrected chi connectivity index (χ4v) is 2.61. The molecule has 0 radical (unpaired) electrons. The molecular formula is C17H12Br2N2. The van der Waals surface area contributed by atoms with Crippen molar-refractivity contribution in [3.8, 4) is 22.6 Å². The molecule has 0 amide bonds. The van der Waals surface area contributed by atoms with Crippen molar-refractivity contribution < 1.29 is 0 Å². The first kappa shape index (κ1) is 14.4. The van der Waals surface area contributed by atoms with Gasteiger partial charge in [-0.15, -0.1) is 0 Å². The molecule has 1 heterocycles. The number of aryl methyl sites for hydroxylation is 1. The van der Waals surface area contributed by atoms with Gasteiger partial charge in [0, 0.05) is 26.3 Å². The van der Waals surface area contributed by atoms with Crippen LogP contribution in [0.2, 0.25) is 0 Å². The number of nitrogens with zero attached hydrogens (tertiary/aromatic N) is 2. The minimum absolute atomic E-state index is 0.742. The number of hydrogen-bond donors (Lipinski definition) is 0. The highest BCUT2D eigenvalue weighted by Gasteiger charge is 2.08. The molecule has 1 aromatic heterocycles. The fraction of sp³-hybridized carbons (Fsp3) is 0.0588. The van der Waals surface area contributed by atoms with E-state index < -0.39 is 0 Å². The number of hydrogen-bond acceptors (Lipinski definition) is 2. The first-order valence-corrected chi connectivity index (χ1v) is 8.07. The topological polar surface area (TPSA) is 25.8 Å². The third-order valence-corrected chi connectivity index (χ3v) is 4.25. The van der Waals surface area contributed by atoms with Crippen molar-refractivity contribution in [1.82, 2.24) is 9.97 Å². The van der Waals surface area contributed by atoms with Gasteiger partial charge in [-0.25, -0.2) is 9.97 Å².